The monoisotopic (exact) mass is 347 g/mol. The van der Waals surface area contributed by atoms with E-state index in [1.165, 1.54) is 12.1 Å². The summed E-state index contributed by atoms with van der Waals surface area (Å²) in [4.78, 5) is 2.10. The number of oxime groups is 1. The zero-order valence-electron chi connectivity index (χ0n) is 11.4. The molecule has 112 valence electrons. The number of nitrogens with zero attached hydrogens (tertiary/aromatic N) is 2. The van der Waals surface area contributed by atoms with Crippen molar-refractivity contribution in [2.75, 3.05) is 26.8 Å². The van der Waals surface area contributed by atoms with Crippen molar-refractivity contribution in [3.8, 4) is 0 Å². The maximum atomic E-state index is 13.1. The van der Waals surface area contributed by atoms with Crippen molar-refractivity contribution in [1.29, 1.82) is 0 Å². The van der Waals surface area contributed by atoms with E-state index in [4.69, 9.17) is 15.7 Å². The summed E-state index contributed by atoms with van der Waals surface area (Å²) in [6.45, 7) is 2.54. The third-order valence-corrected chi connectivity index (χ3v) is 3.57. The van der Waals surface area contributed by atoms with Crippen LogP contribution in [0.25, 0.3) is 0 Å². The van der Waals surface area contributed by atoms with Crippen molar-refractivity contribution < 1.29 is 14.3 Å². The number of methoxy groups -OCH3 is 1. The summed E-state index contributed by atoms with van der Waals surface area (Å²) in [5.74, 6) is -0.0914. The van der Waals surface area contributed by atoms with E-state index >= 15 is 0 Å². The van der Waals surface area contributed by atoms with Crippen LogP contribution in [0.3, 0.4) is 0 Å². The van der Waals surface area contributed by atoms with E-state index in [9.17, 15) is 4.39 Å². The molecule has 0 saturated carbocycles. The van der Waals surface area contributed by atoms with E-state index in [2.05, 4.69) is 26.0 Å². The lowest BCUT2D eigenvalue weighted by Gasteiger charge is -2.22. The summed E-state index contributed by atoms with van der Waals surface area (Å²) in [5.41, 5.74) is 6.45. The highest BCUT2D eigenvalue weighted by Gasteiger charge is 2.10. The van der Waals surface area contributed by atoms with Gasteiger partial charge in [0, 0.05) is 37.6 Å². The van der Waals surface area contributed by atoms with Crippen molar-refractivity contribution in [1.82, 2.24) is 4.90 Å². The van der Waals surface area contributed by atoms with Crippen LogP contribution in [0.2, 0.25) is 0 Å². The molecule has 0 aromatic heterocycles. The highest BCUT2D eigenvalue weighted by Crippen LogP contribution is 2.19. The molecule has 3 N–H and O–H groups in total. The van der Waals surface area contributed by atoms with Gasteiger partial charge in [-0.3, -0.25) is 4.90 Å². The van der Waals surface area contributed by atoms with Gasteiger partial charge >= 0.3 is 0 Å². The van der Waals surface area contributed by atoms with Gasteiger partial charge in [-0.15, -0.1) is 0 Å². The maximum Gasteiger partial charge on any atom is 0.140 e. The number of ether oxygens (including phenoxy) is 1. The fourth-order valence-electron chi connectivity index (χ4n) is 1.70. The van der Waals surface area contributed by atoms with Crippen molar-refractivity contribution in [3.63, 3.8) is 0 Å². The molecule has 0 bridgehead atoms. The van der Waals surface area contributed by atoms with E-state index < -0.39 is 0 Å². The number of hydrogen-bond donors (Lipinski definition) is 2. The first-order valence-electron chi connectivity index (χ1n) is 6.18. The van der Waals surface area contributed by atoms with Crippen LogP contribution in [0.5, 0.6) is 0 Å². The Morgan fingerprint density at radius 1 is 1.50 bits per heavy atom. The van der Waals surface area contributed by atoms with Crippen LogP contribution in [0, 0.1) is 5.82 Å². The largest absolute Gasteiger partial charge is 0.409 e. The fraction of sp³-hybridized carbons (Fsp3) is 0.462. The zero-order valence-corrected chi connectivity index (χ0v) is 12.9. The van der Waals surface area contributed by atoms with Gasteiger partial charge in [-0.1, -0.05) is 27.2 Å². The third kappa shape index (κ3) is 5.85. The van der Waals surface area contributed by atoms with Gasteiger partial charge in [-0.05, 0) is 17.7 Å². The van der Waals surface area contributed by atoms with Crippen LogP contribution in [0.1, 0.15) is 12.0 Å². The summed E-state index contributed by atoms with van der Waals surface area (Å²) in [7, 11) is 1.63. The zero-order chi connectivity index (χ0) is 15.0. The van der Waals surface area contributed by atoms with Crippen molar-refractivity contribution in [2.24, 2.45) is 10.9 Å². The minimum Gasteiger partial charge on any atom is -0.409 e. The van der Waals surface area contributed by atoms with Crippen LogP contribution >= 0.6 is 15.9 Å². The Kier molecular flexibility index (Phi) is 7.50. The molecule has 7 heteroatoms. The van der Waals surface area contributed by atoms with Gasteiger partial charge in [0.1, 0.15) is 11.7 Å². The van der Waals surface area contributed by atoms with Gasteiger partial charge in [-0.25, -0.2) is 4.39 Å². The van der Waals surface area contributed by atoms with E-state index in [1.807, 2.05) is 0 Å². The van der Waals surface area contributed by atoms with Crippen LogP contribution in [0.15, 0.2) is 27.8 Å². The van der Waals surface area contributed by atoms with E-state index in [1.54, 1.807) is 13.2 Å². The summed E-state index contributed by atoms with van der Waals surface area (Å²) in [6, 6.07) is 4.61. The van der Waals surface area contributed by atoms with Gasteiger partial charge < -0.3 is 15.7 Å². The molecule has 0 aliphatic heterocycles. The summed E-state index contributed by atoms with van der Waals surface area (Å²) >= 11 is 3.35. The van der Waals surface area contributed by atoms with Crippen molar-refractivity contribution in [2.45, 2.75) is 13.0 Å². The molecule has 1 aromatic carbocycles. The Balaban J connectivity index is 2.67. The molecule has 0 aliphatic rings. The average Bonchev–Trinajstić information content (AvgIpc) is 2.43. The molecule has 0 aliphatic carbocycles. The lowest BCUT2D eigenvalue weighted by molar-refractivity contribution is 0.145. The van der Waals surface area contributed by atoms with Gasteiger partial charge in [0.2, 0.25) is 0 Å². The number of benzene rings is 1. The highest BCUT2D eigenvalue weighted by molar-refractivity contribution is 9.10. The quantitative estimate of drug-likeness (QED) is 0.327. The molecule has 0 amide bonds. The molecule has 1 rings (SSSR count). The Morgan fingerprint density at radius 2 is 2.25 bits per heavy atom. The summed E-state index contributed by atoms with van der Waals surface area (Å²) in [5, 5.41) is 11.5. The van der Waals surface area contributed by atoms with E-state index in [-0.39, 0.29) is 11.7 Å². The van der Waals surface area contributed by atoms with Gasteiger partial charge in [0.05, 0.1) is 6.61 Å². The van der Waals surface area contributed by atoms with Crippen LogP contribution in [-0.2, 0) is 11.3 Å². The second-order valence-corrected chi connectivity index (χ2v) is 5.20. The topological polar surface area (TPSA) is 71.1 Å². The molecule has 0 radical (unpaired) electrons. The molecule has 20 heavy (non-hydrogen) atoms. The second-order valence-electron chi connectivity index (χ2n) is 4.35. The van der Waals surface area contributed by atoms with Crippen molar-refractivity contribution >= 4 is 21.8 Å². The molecule has 0 heterocycles. The Morgan fingerprint density at radius 3 is 2.85 bits per heavy atom. The molecule has 0 spiro atoms. The van der Waals surface area contributed by atoms with Crippen LogP contribution in [0.4, 0.5) is 4.39 Å². The van der Waals surface area contributed by atoms with Gasteiger partial charge in [0.25, 0.3) is 0 Å². The molecule has 1 aromatic rings. The first kappa shape index (κ1) is 16.9. The van der Waals surface area contributed by atoms with Crippen LogP contribution in [-0.4, -0.2) is 42.7 Å². The minimum absolute atomic E-state index is 0.186. The van der Waals surface area contributed by atoms with Crippen LogP contribution < -0.4 is 5.73 Å². The molecule has 0 fully saturated rings. The molecular weight excluding hydrogens is 329 g/mol. The van der Waals surface area contributed by atoms with E-state index in [0.29, 0.717) is 32.7 Å². The normalized spacial score (nSPS) is 12.1. The molecule has 5 nitrogen and oxygen atoms in total. The second kappa shape index (κ2) is 8.89. The van der Waals surface area contributed by atoms with Crippen molar-refractivity contribution in [3.05, 3.63) is 34.1 Å². The van der Waals surface area contributed by atoms with Gasteiger partial charge in [-0.2, -0.15) is 0 Å². The average molecular weight is 348 g/mol. The number of nitrogens with two attached hydrogens (primary N) is 1. The summed E-state index contributed by atoms with van der Waals surface area (Å²) in [6.07, 6.45) is 0.457. The smallest absolute Gasteiger partial charge is 0.140 e. The fourth-order valence-corrected chi connectivity index (χ4v) is 2.18. The Labute approximate surface area is 126 Å². The minimum atomic E-state index is -0.277. The third-order valence-electron chi connectivity index (χ3n) is 2.83. The van der Waals surface area contributed by atoms with Gasteiger partial charge in [0.15, 0.2) is 0 Å². The molecule has 0 atom stereocenters. The first-order valence-corrected chi connectivity index (χ1v) is 6.97. The number of rotatable bonds is 8. The predicted octanol–water partition coefficient (Wildman–Crippen LogP) is 2.17. The lowest BCUT2D eigenvalue weighted by Crippen LogP contribution is -2.31. The summed E-state index contributed by atoms with van der Waals surface area (Å²) < 4.78 is 18.9. The Hall–Kier alpha value is -1.18. The predicted molar refractivity (Wildman–Crippen MR) is 79.3 cm³/mol. The SMILES string of the molecule is COCCN(CCC(N)=NO)Cc1ccc(F)cc1Br. The van der Waals surface area contributed by atoms with E-state index in [0.717, 1.165) is 10.0 Å². The Bertz CT molecular complexity index is 457. The first-order chi connectivity index (χ1) is 9.56. The standard InChI is InChI=1S/C13H19BrFN3O2/c1-20-7-6-18(5-4-13(16)17-19)9-10-2-3-11(15)8-12(10)14/h2-3,8,19H,4-7,9H2,1H3,(H2,16,17). The highest BCUT2D eigenvalue weighted by atomic mass is 79.9. The number of halogens is 2. The number of amidine groups is 1. The molecular formula is C13H19BrFN3O2. The lowest BCUT2D eigenvalue weighted by atomic mass is 10.2. The molecule has 0 saturated heterocycles. The maximum absolute atomic E-state index is 13.1. The number of hydrogen-bond acceptors (Lipinski definition) is 4. The molecule has 0 unspecified atom stereocenters.